The number of hydrogen-bond donors (Lipinski definition) is 2. The first-order chi connectivity index (χ1) is 12.3. The highest BCUT2D eigenvalue weighted by atomic mass is 19.1. The van der Waals surface area contributed by atoms with Crippen molar-refractivity contribution in [1.29, 1.82) is 0 Å². The Bertz CT molecular complexity index is 629. The largest absolute Gasteiger partial charge is 0.377 e. The molecule has 2 rings (SSSR count). The summed E-state index contributed by atoms with van der Waals surface area (Å²) in [5.74, 6) is 0.523. The van der Waals surface area contributed by atoms with Crippen LogP contribution < -0.4 is 10.6 Å². The third-order valence-electron chi connectivity index (χ3n) is 3.72. The molecule has 0 unspecified atom stereocenters. The second-order valence-corrected chi connectivity index (χ2v) is 5.72. The molecule has 2 N–H and O–H groups in total. The van der Waals surface area contributed by atoms with E-state index in [0.717, 1.165) is 37.5 Å². The van der Waals surface area contributed by atoms with Gasteiger partial charge in [-0.3, -0.25) is 4.99 Å². The molecule has 0 amide bonds. The zero-order chi connectivity index (χ0) is 17.7. The Kier molecular flexibility index (Phi) is 8.49. The Morgan fingerprint density at radius 1 is 0.960 bits per heavy atom. The highest BCUT2D eigenvalue weighted by molar-refractivity contribution is 5.79. The standard InChI is InChI=1S/C20H26FN3O/c1-22-20(24-15-17-9-11-19(21)12-10-17)23-13-5-6-14-25-16-18-7-3-2-4-8-18/h2-4,7-12H,5-6,13-16H2,1H3,(H2,22,23,24). The number of ether oxygens (including phenoxy) is 1. The molecule has 4 nitrogen and oxygen atoms in total. The Hall–Kier alpha value is -2.40. The van der Waals surface area contributed by atoms with Crippen LogP contribution in [0.3, 0.4) is 0 Å². The summed E-state index contributed by atoms with van der Waals surface area (Å²) in [6.07, 6.45) is 2.00. The zero-order valence-electron chi connectivity index (χ0n) is 14.7. The minimum absolute atomic E-state index is 0.222. The van der Waals surface area contributed by atoms with Gasteiger partial charge in [0, 0.05) is 26.7 Å². The third kappa shape index (κ3) is 7.81. The van der Waals surface area contributed by atoms with E-state index in [1.165, 1.54) is 17.7 Å². The number of halogens is 1. The van der Waals surface area contributed by atoms with Gasteiger partial charge in [-0.1, -0.05) is 42.5 Å². The first-order valence-corrected chi connectivity index (χ1v) is 8.58. The fourth-order valence-corrected chi connectivity index (χ4v) is 2.31. The van der Waals surface area contributed by atoms with Gasteiger partial charge < -0.3 is 15.4 Å². The summed E-state index contributed by atoms with van der Waals surface area (Å²) >= 11 is 0. The average molecular weight is 343 g/mol. The highest BCUT2D eigenvalue weighted by Crippen LogP contribution is 2.02. The fourth-order valence-electron chi connectivity index (χ4n) is 2.31. The molecule has 0 spiro atoms. The number of hydrogen-bond acceptors (Lipinski definition) is 2. The maximum Gasteiger partial charge on any atom is 0.191 e. The molecular weight excluding hydrogens is 317 g/mol. The molecule has 0 aliphatic rings. The van der Waals surface area contributed by atoms with Crippen LogP contribution in [0.1, 0.15) is 24.0 Å². The number of benzene rings is 2. The molecular formula is C20H26FN3O. The molecule has 0 atom stereocenters. The van der Waals surface area contributed by atoms with Gasteiger partial charge in [-0.05, 0) is 36.1 Å². The van der Waals surface area contributed by atoms with Gasteiger partial charge in [0.1, 0.15) is 5.82 Å². The Morgan fingerprint density at radius 3 is 2.44 bits per heavy atom. The van der Waals surface area contributed by atoms with Crippen molar-refractivity contribution in [2.75, 3.05) is 20.2 Å². The van der Waals surface area contributed by atoms with Crippen molar-refractivity contribution in [2.45, 2.75) is 26.0 Å². The smallest absolute Gasteiger partial charge is 0.191 e. The molecule has 0 aromatic heterocycles. The van der Waals surface area contributed by atoms with Gasteiger partial charge in [-0.25, -0.2) is 4.39 Å². The first kappa shape index (κ1) is 18.9. The molecule has 0 bridgehead atoms. The lowest BCUT2D eigenvalue weighted by Crippen LogP contribution is -2.37. The van der Waals surface area contributed by atoms with Crippen LogP contribution in [0.2, 0.25) is 0 Å². The SMILES string of the molecule is CN=C(NCCCCOCc1ccccc1)NCc1ccc(F)cc1. The van der Waals surface area contributed by atoms with Gasteiger partial charge in [0.25, 0.3) is 0 Å². The maximum absolute atomic E-state index is 12.9. The number of rotatable bonds is 9. The molecule has 25 heavy (non-hydrogen) atoms. The van der Waals surface area contributed by atoms with Crippen LogP contribution >= 0.6 is 0 Å². The molecule has 134 valence electrons. The van der Waals surface area contributed by atoms with Crippen LogP contribution in [-0.4, -0.2) is 26.2 Å². The van der Waals surface area contributed by atoms with Crippen molar-refractivity contribution < 1.29 is 9.13 Å². The van der Waals surface area contributed by atoms with E-state index in [0.29, 0.717) is 13.2 Å². The minimum Gasteiger partial charge on any atom is -0.377 e. The molecule has 0 aliphatic carbocycles. The van der Waals surface area contributed by atoms with Crippen LogP contribution in [-0.2, 0) is 17.9 Å². The van der Waals surface area contributed by atoms with Gasteiger partial charge in [0.15, 0.2) is 5.96 Å². The van der Waals surface area contributed by atoms with E-state index in [4.69, 9.17) is 4.74 Å². The quantitative estimate of drug-likeness (QED) is 0.416. The summed E-state index contributed by atoms with van der Waals surface area (Å²) in [6, 6.07) is 16.6. The lowest BCUT2D eigenvalue weighted by Gasteiger charge is -2.12. The topological polar surface area (TPSA) is 45.7 Å². The van der Waals surface area contributed by atoms with Crippen molar-refractivity contribution >= 4 is 5.96 Å². The van der Waals surface area contributed by atoms with E-state index >= 15 is 0 Å². The lowest BCUT2D eigenvalue weighted by molar-refractivity contribution is 0.117. The fraction of sp³-hybridized carbons (Fsp3) is 0.350. The van der Waals surface area contributed by atoms with Crippen LogP contribution in [0.5, 0.6) is 0 Å². The van der Waals surface area contributed by atoms with Crippen molar-refractivity contribution in [3.05, 3.63) is 71.5 Å². The Morgan fingerprint density at radius 2 is 1.72 bits per heavy atom. The van der Waals surface area contributed by atoms with Crippen LogP contribution in [0.25, 0.3) is 0 Å². The number of unbranched alkanes of at least 4 members (excludes halogenated alkanes) is 1. The van der Waals surface area contributed by atoms with Crippen LogP contribution in [0.4, 0.5) is 4.39 Å². The van der Waals surface area contributed by atoms with Gasteiger partial charge in [-0.15, -0.1) is 0 Å². The molecule has 0 aliphatic heterocycles. The van der Waals surface area contributed by atoms with Crippen molar-refractivity contribution in [2.24, 2.45) is 4.99 Å². The minimum atomic E-state index is -0.222. The molecule has 2 aromatic rings. The van der Waals surface area contributed by atoms with E-state index in [1.807, 2.05) is 18.2 Å². The molecule has 0 radical (unpaired) electrons. The van der Waals surface area contributed by atoms with Gasteiger partial charge in [0.05, 0.1) is 6.61 Å². The van der Waals surface area contributed by atoms with Gasteiger partial charge in [0.2, 0.25) is 0 Å². The molecule has 0 saturated heterocycles. The predicted octanol–water partition coefficient (Wildman–Crippen LogP) is 3.49. The molecule has 0 fully saturated rings. The monoisotopic (exact) mass is 343 g/mol. The summed E-state index contributed by atoms with van der Waals surface area (Å²) in [6.45, 7) is 2.85. The molecule has 2 aromatic carbocycles. The van der Waals surface area contributed by atoms with Gasteiger partial charge in [-0.2, -0.15) is 0 Å². The second kappa shape index (κ2) is 11.2. The third-order valence-corrected chi connectivity index (χ3v) is 3.72. The van der Waals surface area contributed by atoms with E-state index in [9.17, 15) is 4.39 Å². The van der Waals surface area contributed by atoms with Crippen molar-refractivity contribution in [1.82, 2.24) is 10.6 Å². The highest BCUT2D eigenvalue weighted by Gasteiger charge is 1.99. The van der Waals surface area contributed by atoms with Crippen molar-refractivity contribution in [3.63, 3.8) is 0 Å². The van der Waals surface area contributed by atoms with E-state index < -0.39 is 0 Å². The molecule has 0 saturated carbocycles. The number of nitrogens with zero attached hydrogens (tertiary/aromatic N) is 1. The number of guanidine groups is 1. The van der Waals surface area contributed by atoms with Crippen LogP contribution in [0, 0.1) is 5.82 Å². The summed E-state index contributed by atoms with van der Waals surface area (Å²) in [5, 5.41) is 6.48. The van der Waals surface area contributed by atoms with Gasteiger partial charge >= 0.3 is 0 Å². The van der Waals surface area contributed by atoms with Crippen molar-refractivity contribution in [3.8, 4) is 0 Å². The van der Waals surface area contributed by atoms with Crippen LogP contribution in [0.15, 0.2) is 59.6 Å². The number of aliphatic imine (C=N–C) groups is 1. The summed E-state index contributed by atoms with van der Waals surface area (Å²) in [7, 11) is 1.74. The normalized spacial score (nSPS) is 11.4. The molecule has 0 heterocycles. The number of nitrogens with one attached hydrogen (secondary N) is 2. The maximum atomic E-state index is 12.9. The Labute approximate surface area is 149 Å². The summed E-state index contributed by atoms with van der Waals surface area (Å²) in [5.41, 5.74) is 2.21. The van der Waals surface area contributed by atoms with E-state index in [1.54, 1.807) is 19.2 Å². The Balaban J connectivity index is 1.53. The average Bonchev–Trinajstić information content (AvgIpc) is 2.65. The van der Waals surface area contributed by atoms with E-state index in [2.05, 4.69) is 27.8 Å². The van der Waals surface area contributed by atoms with E-state index in [-0.39, 0.29) is 5.82 Å². The summed E-state index contributed by atoms with van der Waals surface area (Å²) < 4.78 is 18.5. The zero-order valence-corrected chi connectivity index (χ0v) is 14.7. The predicted molar refractivity (Wildman–Crippen MR) is 99.9 cm³/mol. The summed E-state index contributed by atoms with van der Waals surface area (Å²) in [4.78, 5) is 4.18. The second-order valence-electron chi connectivity index (χ2n) is 5.72. The first-order valence-electron chi connectivity index (χ1n) is 8.58. The lowest BCUT2D eigenvalue weighted by atomic mass is 10.2. The molecule has 5 heteroatoms.